The van der Waals surface area contributed by atoms with Crippen molar-refractivity contribution in [3.05, 3.63) is 65.2 Å². The molecule has 0 bridgehead atoms. The smallest absolute Gasteiger partial charge is 0.251 e. The largest absolute Gasteiger partial charge is 0.390 e. The molecule has 1 unspecified atom stereocenters. The second kappa shape index (κ2) is 7.51. The maximum atomic E-state index is 13.0. The Labute approximate surface area is 140 Å². The van der Waals surface area contributed by atoms with E-state index >= 15 is 0 Å². The SMILES string of the molecule is O=C(NCC(O)CN1CCc2ccccc2C1)c1ccnc(F)c1. The average Bonchev–Trinajstić information content (AvgIpc) is 2.59. The number of carbonyl (C=O) groups excluding carboxylic acids is 1. The van der Waals surface area contributed by atoms with Crippen molar-refractivity contribution in [2.24, 2.45) is 0 Å². The van der Waals surface area contributed by atoms with E-state index in [1.165, 1.54) is 23.4 Å². The number of halogens is 1. The molecule has 2 aromatic rings. The van der Waals surface area contributed by atoms with Crippen LogP contribution in [0, 0.1) is 5.95 Å². The van der Waals surface area contributed by atoms with Gasteiger partial charge in [-0.1, -0.05) is 24.3 Å². The van der Waals surface area contributed by atoms with E-state index in [2.05, 4.69) is 27.3 Å². The van der Waals surface area contributed by atoms with Gasteiger partial charge in [-0.05, 0) is 23.6 Å². The predicted molar refractivity (Wildman–Crippen MR) is 88.0 cm³/mol. The van der Waals surface area contributed by atoms with Crippen molar-refractivity contribution in [2.75, 3.05) is 19.6 Å². The van der Waals surface area contributed by atoms with E-state index in [1.807, 2.05) is 12.1 Å². The van der Waals surface area contributed by atoms with Crippen LogP contribution in [0.25, 0.3) is 0 Å². The van der Waals surface area contributed by atoms with Gasteiger partial charge < -0.3 is 10.4 Å². The minimum absolute atomic E-state index is 0.126. The maximum absolute atomic E-state index is 13.0. The summed E-state index contributed by atoms with van der Waals surface area (Å²) in [6.45, 7) is 2.30. The summed E-state index contributed by atoms with van der Waals surface area (Å²) in [5.74, 6) is -1.12. The number of rotatable bonds is 5. The first-order valence-corrected chi connectivity index (χ1v) is 7.99. The van der Waals surface area contributed by atoms with Crippen molar-refractivity contribution in [3.63, 3.8) is 0 Å². The number of β-amino-alcohol motifs (C(OH)–C–C–N with tert-alkyl or cyclic N) is 1. The van der Waals surface area contributed by atoms with Gasteiger partial charge in [-0.25, -0.2) is 4.98 Å². The molecule has 24 heavy (non-hydrogen) atoms. The van der Waals surface area contributed by atoms with Crippen molar-refractivity contribution in [1.82, 2.24) is 15.2 Å². The van der Waals surface area contributed by atoms with Crippen LogP contribution in [0.4, 0.5) is 4.39 Å². The summed E-state index contributed by atoms with van der Waals surface area (Å²) in [7, 11) is 0. The first kappa shape index (κ1) is 16.5. The number of nitrogens with zero attached hydrogens (tertiary/aromatic N) is 2. The zero-order valence-corrected chi connectivity index (χ0v) is 13.3. The summed E-state index contributed by atoms with van der Waals surface area (Å²) in [6.07, 6.45) is 1.53. The Morgan fingerprint density at radius 3 is 2.92 bits per heavy atom. The first-order chi connectivity index (χ1) is 11.6. The van der Waals surface area contributed by atoms with E-state index < -0.39 is 18.0 Å². The van der Waals surface area contributed by atoms with Crippen molar-refractivity contribution in [2.45, 2.75) is 19.1 Å². The molecule has 1 aromatic heterocycles. The Hall–Kier alpha value is -2.31. The minimum Gasteiger partial charge on any atom is -0.390 e. The highest BCUT2D eigenvalue weighted by Gasteiger charge is 2.19. The molecule has 0 saturated carbocycles. The number of nitrogens with one attached hydrogen (secondary N) is 1. The zero-order valence-electron chi connectivity index (χ0n) is 13.3. The van der Waals surface area contributed by atoms with Crippen molar-refractivity contribution >= 4 is 5.91 Å². The highest BCUT2D eigenvalue weighted by atomic mass is 19.1. The lowest BCUT2D eigenvalue weighted by atomic mass is 10.00. The molecular formula is C18H20FN3O2. The van der Waals surface area contributed by atoms with Crippen LogP contribution >= 0.6 is 0 Å². The molecule has 0 radical (unpaired) electrons. The van der Waals surface area contributed by atoms with Crippen LogP contribution in [-0.4, -0.2) is 46.6 Å². The van der Waals surface area contributed by atoms with E-state index in [4.69, 9.17) is 0 Å². The van der Waals surface area contributed by atoms with Gasteiger partial charge >= 0.3 is 0 Å². The highest BCUT2D eigenvalue weighted by Crippen LogP contribution is 2.18. The fourth-order valence-electron chi connectivity index (χ4n) is 2.93. The van der Waals surface area contributed by atoms with Gasteiger partial charge in [0.25, 0.3) is 5.91 Å². The normalized spacial score (nSPS) is 15.6. The lowest BCUT2D eigenvalue weighted by Crippen LogP contribution is -2.42. The maximum Gasteiger partial charge on any atom is 0.251 e. The molecule has 1 aliphatic rings. The molecule has 5 nitrogen and oxygen atoms in total. The monoisotopic (exact) mass is 329 g/mol. The quantitative estimate of drug-likeness (QED) is 0.813. The van der Waals surface area contributed by atoms with Gasteiger partial charge in [-0.2, -0.15) is 4.39 Å². The number of benzene rings is 1. The first-order valence-electron chi connectivity index (χ1n) is 7.99. The molecular weight excluding hydrogens is 309 g/mol. The topological polar surface area (TPSA) is 65.5 Å². The molecule has 2 heterocycles. The van der Waals surface area contributed by atoms with Gasteiger partial charge in [0.2, 0.25) is 5.95 Å². The number of aliphatic hydroxyl groups excluding tert-OH is 1. The van der Waals surface area contributed by atoms with Crippen LogP contribution in [0.1, 0.15) is 21.5 Å². The van der Waals surface area contributed by atoms with E-state index in [0.29, 0.717) is 6.54 Å². The number of aliphatic hydroxyl groups is 1. The van der Waals surface area contributed by atoms with Crippen molar-refractivity contribution in [1.29, 1.82) is 0 Å². The third kappa shape index (κ3) is 4.15. The average molecular weight is 329 g/mol. The van der Waals surface area contributed by atoms with Crippen LogP contribution in [0.15, 0.2) is 42.6 Å². The number of hydrogen-bond donors (Lipinski definition) is 2. The lowest BCUT2D eigenvalue weighted by Gasteiger charge is -2.30. The minimum atomic E-state index is -0.699. The van der Waals surface area contributed by atoms with E-state index in [1.54, 1.807) is 0 Å². The van der Waals surface area contributed by atoms with E-state index in [9.17, 15) is 14.3 Å². The molecule has 1 aliphatic heterocycles. The summed E-state index contributed by atoms with van der Waals surface area (Å²) < 4.78 is 13.0. The standard InChI is InChI=1S/C18H20FN3O2/c19-17-9-14(5-7-20-17)18(24)21-10-16(23)12-22-8-6-13-3-1-2-4-15(13)11-22/h1-5,7,9,16,23H,6,8,10-12H2,(H,21,24). The van der Waals surface area contributed by atoms with E-state index in [0.717, 1.165) is 25.6 Å². The molecule has 0 fully saturated rings. The lowest BCUT2D eigenvalue weighted by molar-refractivity contribution is 0.0841. The molecule has 0 saturated heterocycles. The Balaban J connectivity index is 1.48. The summed E-state index contributed by atoms with van der Waals surface area (Å²) in [4.78, 5) is 17.5. The predicted octanol–water partition coefficient (Wildman–Crippen LogP) is 1.37. The van der Waals surface area contributed by atoms with E-state index in [-0.39, 0.29) is 12.1 Å². The third-order valence-electron chi connectivity index (χ3n) is 4.17. The highest BCUT2D eigenvalue weighted by molar-refractivity contribution is 5.94. The second-order valence-corrected chi connectivity index (χ2v) is 5.98. The van der Waals surface area contributed by atoms with Crippen LogP contribution in [0.5, 0.6) is 0 Å². The number of fused-ring (bicyclic) bond motifs is 1. The zero-order chi connectivity index (χ0) is 16.9. The Morgan fingerprint density at radius 2 is 2.12 bits per heavy atom. The summed E-state index contributed by atoms with van der Waals surface area (Å²) in [5, 5.41) is 12.8. The molecule has 1 aromatic carbocycles. The molecule has 0 spiro atoms. The Morgan fingerprint density at radius 1 is 1.33 bits per heavy atom. The molecule has 1 amide bonds. The Bertz CT molecular complexity index is 723. The third-order valence-corrected chi connectivity index (χ3v) is 4.17. The fourth-order valence-corrected chi connectivity index (χ4v) is 2.93. The molecule has 126 valence electrons. The van der Waals surface area contributed by atoms with Crippen molar-refractivity contribution in [3.8, 4) is 0 Å². The number of hydrogen-bond acceptors (Lipinski definition) is 4. The Kier molecular flexibility index (Phi) is 5.17. The van der Waals surface area contributed by atoms with Crippen molar-refractivity contribution < 1.29 is 14.3 Å². The molecule has 2 N–H and O–H groups in total. The summed E-state index contributed by atoms with van der Waals surface area (Å²) in [6, 6.07) is 10.8. The van der Waals surface area contributed by atoms with Gasteiger partial charge in [0, 0.05) is 44.0 Å². The van der Waals surface area contributed by atoms with Gasteiger partial charge in [-0.3, -0.25) is 9.69 Å². The number of pyridine rings is 1. The molecule has 3 rings (SSSR count). The molecule has 6 heteroatoms. The summed E-state index contributed by atoms with van der Waals surface area (Å²) >= 11 is 0. The van der Waals surface area contributed by atoms with Crippen LogP contribution in [-0.2, 0) is 13.0 Å². The molecule has 0 aliphatic carbocycles. The van der Waals surface area contributed by atoms with Crippen LogP contribution in [0.3, 0.4) is 0 Å². The number of aromatic nitrogens is 1. The van der Waals surface area contributed by atoms with Crippen LogP contribution in [0.2, 0.25) is 0 Å². The fraction of sp³-hybridized carbons (Fsp3) is 0.333. The second-order valence-electron chi connectivity index (χ2n) is 5.98. The number of amides is 1. The van der Waals surface area contributed by atoms with Gasteiger partial charge in [0.15, 0.2) is 0 Å². The van der Waals surface area contributed by atoms with Gasteiger partial charge in [-0.15, -0.1) is 0 Å². The summed E-state index contributed by atoms with van der Waals surface area (Å²) in [5.41, 5.74) is 2.84. The van der Waals surface area contributed by atoms with Crippen LogP contribution < -0.4 is 5.32 Å². The van der Waals surface area contributed by atoms with Gasteiger partial charge in [0.05, 0.1) is 6.10 Å². The van der Waals surface area contributed by atoms with Gasteiger partial charge in [0.1, 0.15) is 0 Å². The molecule has 1 atom stereocenters. The number of carbonyl (C=O) groups is 1.